The predicted octanol–water partition coefficient (Wildman–Crippen LogP) is 12.2. The Labute approximate surface area is 252 Å². The molecule has 2 nitrogen and oxygen atoms in total. The molecule has 0 atom stereocenters. The van der Waals surface area contributed by atoms with Crippen molar-refractivity contribution in [2.45, 2.75) is 0 Å². The van der Waals surface area contributed by atoms with Crippen molar-refractivity contribution in [1.82, 2.24) is 0 Å². The third kappa shape index (κ3) is 3.93. The van der Waals surface area contributed by atoms with Crippen LogP contribution in [0, 0.1) is 0 Å². The van der Waals surface area contributed by atoms with Crippen LogP contribution < -0.4 is 4.90 Å². The predicted molar refractivity (Wildman–Crippen MR) is 184 cm³/mol. The Morgan fingerprint density at radius 3 is 1.93 bits per heavy atom. The summed E-state index contributed by atoms with van der Waals surface area (Å²) in [5.41, 5.74) is 7.46. The number of hydrogen-bond acceptors (Lipinski definition) is 3. The minimum atomic E-state index is 0.886. The number of para-hydroxylation sites is 1. The van der Waals surface area contributed by atoms with E-state index in [0.717, 1.165) is 39.0 Å². The Hall–Kier alpha value is -5.38. The van der Waals surface area contributed by atoms with E-state index in [4.69, 9.17) is 4.42 Å². The van der Waals surface area contributed by atoms with Crippen molar-refractivity contribution in [1.29, 1.82) is 0 Å². The molecular formula is C40H25NOS. The van der Waals surface area contributed by atoms with Crippen molar-refractivity contribution in [2.24, 2.45) is 0 Å². The molecule has 0 saturated carbocycles. The summed E-state index contributed by atoms with van der Waals surface area (Å²) in [7, 11) is 0. The zero-order valence-electron chi connectivity index (χ0n) is 23.2. The highest BCUT2D eigenvalue weighted by atomic mass is 32.1. The lowest BCUT2D eigenvalue weighted by Gasteiger charge is -2.26. The first kappa shape index (κ1) is 24.2. The van der Waals surface area contributed by atoms with Crippen molar-refractivity contribution >= 4 is 81.3 Å². The maximum Gasteiger partial charge on any atom is 0.137 e. The minimum absolute atomic E-state index is 0.886. The van der Waals surface area contributed by atoms with Gasteiger partial charge in [0, 0.05) is 54.1 Å². The lowest BCUT2D eigenvalue weighted by atomic mass is 10.0. The molecule has 3 heteroatoms. The van der Waals surface area contributed by atoms with Gasteiger partial charge in [0.25, 0.3) is 0 Å². The number of anilines is 3. The first-order valence-corrected chi connectivity index (χ1v) is 15.3. The number of benzene rings is 7. The molecule has 0 N–H and O–H groups in total. The second kappa shape index (κ2) is 9.59. The van der Waals surface area contributed by atoms with E-state index >= 15 is 0 Å². The van der Waals surface area contributed by atoms with E-state index in [1.807, 2.05) is 23.5 Å². The van der Waals surface area contributed by atoms with Gasteiger partial charge in [-0.1, -0.05) is 91.0 Å². The van der Waals surface area contributed by atoms with Crippen LogP contribution >= 0.6 is 11.3 Å². The van der Waals surface area contributed by atoms with Crippen LogP contribution in [-0.4, -0.2) is 0 Å². The fourth-order valence-electron chi connectivity index (χ4n) is 6.41. The number of furan rings is 1. The Morgan fingerprint density at radius 2 is 1.07 bits per heavy atom. The van der Waals surface area contributed by atoms with E-state index in [-0.39, 0.29) is 0 Å². The molecule has 0 saturated heterocycles. The van der Waals surface area contributed by atoms with Gasteiger partial charge in [0.05, 0.1) is 0 Å². The summed E-state index contributed by atoms with van der Waals surface area (Å²) in [5.74, 6) is 0. The summed E-state index contributed by atoms with van der Waals surface area (Å²) in [5, 5.41) is 7.44. The monoisotopic (exact) mass is 567 g/mol. The molecule has 0 unspecified atom stereocenters. The lowest BCUT2D eigenvalue weighted by Crippen LogP contribution is -2.09. The molecule has 0 aliphatic heterocycles. The molecular weight excluding hydrogens is 543 g/mol. The number of fused-ring (bicyclic) bond motifs is 8. The van der Waals surface area contributed by atoms with Crippen LogP contribution in [0.3, 0.4) is 0 Å². The van der Waals surface area contributed by atoms with Crippen LogP contribution in [-0.2, 0) is 0 Å². The number of hydrogen-bond donors (Lipinski definition) is 0. The molecule has 0 radical (unpaired) electrons. The molecule has 9 rings (SSSR count). The molecule has 2 aromatic heterocycles. The zero-order chi connectivity index (χ0) is 28.3. The van der Waals surface area contributed by atoms with Gasteiger partial charge in [0.1, 0.15) is 11.2 Å². The van der Waals surface area contributed by atoms with Gasteiger partial charge in [0.2, 0.25) is 0 Å². The molecule has 202 valence electrons. The van der Waals surface area contributed by atoms with Gasteiger partial charge in [-0.2, -0.15) is 0 Å². The molecule has 0 fully saturated rings. The van der Waals surface area contributed by atoms with Crippen LogP contribution in [0.25, 0.3) is 64.0 Å². The first-order chi connectivity index (χ1) is 21.3. The van der Waals surface area contributed by atoms with Crippen molar-refractivity contribution in [3.63, 3.8) is 0 Å². The molecule has 2 heterocycles. The summed E-state index contributed by atoms with van der Waals surface area (Å²) in [6, 6.07) is 54.3. The molecule has 0 aliphatic rings. The maximum absolute atomic E-state index is 6.32. The van der Waals surface area contributed by atoms with Gasteiger partial charge >= 0.3 is 0 Å². The van der Waals surface area contributed by atoms with E-state index in [1.165, 1.54) is 42.1 Å². The van der Waals surface area contributed by atoms with E-state index in [2.05, 4.69) is 144 Å². The number of rotatable bonds is 4. The minimum Gasteiger partial charge on any atom is -0.456 e. The van der Waals surface area contributed by atoms with Crippen LogP contribution in [0.4, 0.5) is 17.1 Å². The first-order valence-electron chi connectivity index (χ1n) is 14.5. The molecule has 0 amide bonds. The highest BCUT2D eigenvalue weighted by molar-refractivity contribution is 7.26. The largest absolute Gasteiger partial charge is 0.456 e. The summed E-state index contributed by atoms with van der Waals surface area (Å²) in [6.07, 6.45) is 0. The van der Waals surface area contributed by atoms with Crippen molar-refractivity contribution in [2.75, 3.05) is 4.90 Å². The SMILES string of the molecule is c1ccc(-c2ccc(N(c3ccc4c(ccc5sc6ccccc6c54)c3)c3ccc4c(c3)oc3ccccc34)cc2)cc1. The number of thiophene rings is 1. The second-order valence-corrected chi connectivity index (χ2v) is 12.1. The fraction of sp³-hybridized carbons (Fsp3) is 0. The Bertz CT molecular complexity index is 2450. The normalized spacial score (nSPS) is 11.7. The highest BCUT2D eigenvalue weighted by Gasteiger charge is 2.17. The van der Waals surface area contributed by atoms with Crippen LogP contribution in [0.1, 0.15) is 0 Å². The Morgan fingerprint density at radius 1 is 0.419 bits per heavy atom. The average Bonchev–Trinajstić information content (AvgIpc) is 3.64. The Kier molecular flexibility index (Phi) is 5.40. The average molecular weight is 568 g/mol. The third-order valence-corrected chi connectivity index (χ3v) is 9.59. The van der Waals surface area contributed by atoms with E-state index < -0.39 is 0 Å². The van der Waals surface area contributed by atoms with Gasteiger partial charge in [0.15, 0.2) is 0 Å². The van der Waals surface area contributed by atoms with Crippen LogP contribution in [0.2, 0.25) is 0 Å². The standard InChI is InChI=1S/C40H25NOS/c1-2-8-26(9-3-1)27-14-17-29(18-15-27)41(31-20-22-34-33-10-4-6-12-36(33)42-37(34)25-31)30-19-21-32-28(24-30)16-23-39-40(32)35-11-5-7-13-38(35)43-39/h1-25H. The summed E-state index contributed by atoms with van der Waals surface area (Å²) < 4.78 is 8.97. The summed E-state index contributed by atoms with van der Waals surface area (Å²) in [6.45, 7) is 0. The molecule has 0 spiro atoms. The second-order valence-electron chi connectivity index (χ2n) is 11.0. The lowest BCUT2D eigenvalue weighted by molar-refractivity contribution is 0.669. The zero-order valence-corrected chi connectivity index (χ0v) is 24.0. The van der Waals surface area contributed by atoms with Gasteiger partial charge in [-0.25, -0.2) is 0 Å². The van der Waals surface area contributed by atoms with E-state index in [0.29, 0.717) is 0 Å². The quantitative estimate of drug-likeness (QED) is 0.210. The summed E-state index contributed by atoms with van der Waals surface area (Å²) >= 11 is 1.86. The molecule has 9 aromatic rings. The molecule has 7 aromatic carbocycles. The van der Waals surface area contributed by atoms with Crippen LogP contribution in [0.15, 0.2) is 156 Å². The van der Waals surface area contributed by atoms with Crippen molar-refractivity contribution in [3.05, 3.63) is 152 Å². The topological polar surface area (TPSA) is 16.4 Å². The van der Waals surface area contributed by atoms with E-state index in [9.17, 15) is 0 Å². The van der Waals surface area contributed by atoms with Crippen molar-refractivity contribution in [3.8, 4) is 11.1 Å². The van der Waals surface area contributed by atoms with Gasteiger partial charge < -0.3 is 9.32 Å². The van der Waals surface area contributed by atoms with Crippen molar-refractivity contribution < 1.29 is 4.42 Å². The Balaban J connectivity index is 1.23. The fourth-order valence-corrected chi connectivity index (χ4v) is 7.54. The maximum atomic E-state index is 6.32. The molecule has 0 aliphatic carbocycles. The van der Waals surface area contributed by atoms with Gasteiger partial charge in [-0.05, 0) is 76.5 Å². The molecule has 0 bridgehead atoms. The highest BCUT2D eigenvalue weighted by Crippen LogP contribution is 2.43. The summed E-state index contributed by atoms with van der Waals surface area (Å²) in [4.78, 5) is 2.33. The third-order valence-electron chi connectivity index (χ3n) is 8.45. The molecule has 43 heavy (non-hydrogen) atoms. The van der Waals surface area contributed by atoms with E-state index in [1.54, 1.807) is 0 Å². The van der Waals surface area contributed by atoms with Crippen LogP contribution in [0.5, 0.6) is 0 Å². The number of nitrogens with zero attached hydrogens (tertiary/aromatic N) is 1. The van der Waals surface area contributed by atoms with Gasteiger partial charge in [-0.15, -0.1) is 11.3 Å². The van der Waals surface area contributed by atoms with Gasteiger partial charge in [-0.3, -0.25) is 0 Å². The smallest absolute Gasteiger partial charge is 0.137 e.